The van der Waals surface area contributed by atoms with Crippen molar-refractivity contribution in [3.05, 3.63) is 34.9 Å². The zero-order chi connectivity index (χ0) is 18.5. The lowest BCUT2D eigenvalue weighted by molar-refractivity contribution is -0.146. The smallest absolute Gasteiger partial charge is 0.302 e. The van der Waals surface area contributed by atoms with Gasteiger partial charge in [0.25, 0.3) is 0 Å². The molecule has 0 spiro atoms. The van der Waals surface area contributed by atoms with E-state index in [1.165, 1.54) is 19.4 Å². The van der Waals surface area contributed by atoms with Crippen LogP contribution in [-0.4, -0.2) is 24.1 Å². The highest BCUT2D eigenvalue weighted by Crippen LogP contribution is 2.26. The number of carbonyl (C=O) groups is 2. The molecule has 0 fully saturated rings. The number of benzene rings is 1. The van der Waals surface area contributed by atoms with Crippen molar-refractivity contribution in [1.82, 2.24) is 0 Å². The Morgan fingerprint density at radius 3 is 1.54 bits per heavy atom. The quantitative estimate of drug-likeness (QED) is 0.739. The molecule has 0 saturated carbocycles. The highest BCUT2D eigenvalue weighted by Gasteiger charge is 2.18. The van der Waals surface area contributed by atoms with Gasteiger partial charge in [0.15, 0.2) is 0 Å². The molecule has 0 bridgehead atoms. The second-order valence-corrected chi connectivity index (χ2v) is 7.54. The number of hydrogen-bond acceptors (Lipinski definition) is 4. The third kappa shape index (κ3) is 7.16. The highest BCUT2D eigenvalue weighted by molar-refractivity contribution is 5.66. The molecule has 2 unspecified atom stereocenters. The minimum absolute atomic E-state index is 0.0140. The Balaban J connectivity index is 3.04. The van der Waals surface area contributed by atoms with Crippen molar-refractivity contribution in [2.24, 2.45) is 0 Å². The molecule has 2 atom stereocenters. The zero-order valence-corrected chi connectivity index (χ0v) is 15.9. The van der Waals surface area contributed by atoms with Crippen molar-refractivity contribution >= 4 is 11.9 Å². The molecule has 0 N–H and O–H groups in total. The summed E-state index contributed by atoms with van der Waals surface area (Å²) in [5.41, 5.74) is 3.49. The minimum atomic E-state index is -0.266. The Hall–Kier alpha value is -1.84. The summed E-state index contributed by atoms with van der Waals surface area (Å²) in [6, 6.07) is 6.44. The molecule has 0 saturated heterocycles. The standard InChI is InChI=1S/C20H30O4/c1-13(23-15(3)21)8-17-10-18(9-14(2)24-16(4)22)12-19(11-17)20(5,6)7/h10-14H,8-9H2,1-7H3. The largest absolute Gasteiger partial charge is 0.463 e. The van der Waals surface area contributed by atoms with E-state index in [1.54, 1.807) is 0 Å². The van der Waals surface area contributed by atoms with Gasteiger partial charge in [0, 0.05) is 26.7 Å². The Bertz CT molecular complexity index is 542. The molecule has 0 aliphatic carbocycles. The normalized spacial score (nSPS) is 14.0. The molecule has 24 heavy (non-hydrogen) atoms. The average Bonchev–Trinajstić information content (AvgIpc) is 2.34. The Labute approximate surface area is 145 Å². The molecule has 4 heteroatoms. The summed E-state index contributed by atoms with van der Waals surface area (Å²) in [5.74, 6) is -0.531. The maximum absolute atomic E-state index is 11.1. The number of rotatable bonds is 6. The van der Waals surface area contributed by atoms with Crippen LogP contribution in [0.5, 0.6) is 0 Å². The Kier molecular flexibility index (Phi) is 7.00. The van der Waals surface area contributed by atoms with Gasteiger partial charge in [0.05, 0.1) is 0 Å². The fourth-order valence-corrected chi connectivity index (χ4v) is 2.75. The summed E-state index contributed by atoms with van der Waals surface area (Å²) in [7, 11) is 0. The third-order valence-electron chi connectivity index (χ3n) is 3.70. The second-order valence-electron chi connectivity index (χ2n) is 7.54. The van der Waals surface area contributed by atoms with E-state index in [1.807, 2.05) is 13.8 Å². The third-order valence-corrected chi connectivity index (χ3v) is 3.70. The van der Waals surface area contributed by atoms with Crippen LogP contribution in [0.15, 0.2) is 18.2 Å². The van der Waals surface area contributed by atoms with Crippen molar-refractivity contribution in [3.8, 4) is 0 Å². The highest BCUT2D eigenvalue weighted by atomic mass is 16.5. The van der Waals surface area contributed by atoms with Gasteiger partial charge in [-0.1, -0.05) is 39.0 Å². The van der Waals surface area contributed by atoms with E-state index >= 15 is 0 Å². The first-order valence-corrected chi connectivity index (χ1v) is 8.45. The van der Waals surface area contributed by atoms with Gasteiger partial charge >= 0.3 is 11.9 Å². The molecule has 0 aliphatic rings. The number of esters is 2. The fraction of sp³-hybridized carbons (Fsp3) is 0.600. The summed E-state index contributed by atoms with van der Waals surface area (Å²) in [4.78, 5) is 22.2. The van der Waals surface area contributed by atoms with Crippen LogP contribution in [-0.2, 0) is 37.3 Å². The van der Waals surface area contributed by atoms with Gasteiger partial charge in [0.1, 0.15) is 12.2 Å². The first-order chi connectivity index (χ1) is 11.0. The van der Waals surface area contributed by atoms with Crippen LogP contribution >= 0.6 is 0 Å². The van der Waals surface area contributed by atoms with Crippen molar-refractivity contribution in [2.75, 3.05) is 0 Å². The topological polar surface area (TPSA) is 52.6 Å². The van der Waals surface area contributed by atoms with Crippen LogP contribution in [0.25, 0.3) is 0 Å². The van der Waals surface area contributed by atoms with Gasteiger partial charge in [-0.2, -0.15) is 0 Å². The van der Waals surface area contributed by atoms with Gasteiger partial charge in [-0.25, -0.2) is 0 Å². The molecule has 0 radical (unpaired) electrons. The molecule has 134 valence electrons. The maximum atomic E-state index is 11.1. The van der Waals surface area contributed by atoms with Crippen LogP contribution in [0.3, 0.4) is 0 Å². The van der Waals surface area contributed by atoms with E-state index in [0.29, 0.717) is 12.8 Å². The number of hydrogen-bond donors (Lipinski definition) is 0. The first-order valence-electron chi connectivity index (χ1n) is 8.45. The van der Waals surface area contributed by atoms with Crippen LogP contribution in [0.4, 0.5) is 0 Å². The Morgan fingerprint density at radius 1 is 0.875 bits per heavy atom. The first kappa shape index (κ1) is 20.2. The molecule has 1 aromatic carbocycles. The summed E-state index contributed by atoms with van der Waals surface area (Å²) < 4.78 is 10.5. The van der Waals surface area contributed by atoms with E-state index in [0.717, 1.165) is 11.1 Å². The summed E-state index contributed by atoms with van der Waals surface area (Å²) in [6.07, 6.45) is 0.990. The van der Waals surface area contributed by atoms with Gasteiger partial charge in [-0.3, -0.25) is 9.59 Å². The molecule has 0 heterocycles. The predicted octanol–water partition coefficient (Wildman–Crippen LogP) is 3.97. The molecule has 0 aliphatic heterocycles. The fourth-order valence-electron chi connectivity index (χ4n) is 2.75. The lowest BCUT2D eigenvalue weighted by Crippen LogP contribution is -2.19. The lowest BCUT2D eigenvalue weighted by atomic mass is 9.84. The molecule has 0 amide bonds. The van der Waals surface area contributed by atoms with E-state index < -0.39 is 0 Å². The van der Waals surface area contributed by atoms with Crippen molar-refractivity contribution in [1.29, 1.82) is 0 Å². The zero-order valence-electron chi connectivity index (χ0n) is 15.9. The number of carbonyl (C=O) groups excluding carboxylic acids is 2. The molecule has 4 nitrogen and oxygen atoms in total. The summed E-state index contributed by atoms with van der Waals surface area (Å²) in [6.45, 7) is 13.1. The molecule has 1 aromatic rings. The molecular weight excluding hydrogens is 304 g/mol. The van der Waals surface area contributed by atoms with Crippen LogP contribution < -0.4 is 0 Å². The second kappa shape index (κ2) is 8.32. The Morgan fingerprint density at radius 2 is 1.25 bits per heavy atom. The van der Waals surface area contributed by atoms with Gasteiger partial charge in [0.2, 0.25) is 0 Å². The SMILES string of the molecule is CC(=O)OC(C)Cc1cc(CC(C)OC(C)=O)cc(C(C)(C)C)c1. The van der Waals surface area contributed by atoms with Gasteiger partial charge in [-0.15, -0.1) is 0 Å². The molecule has 0 aromatic heterocycles. The van der Waals surface area contributed by atoms with Crippen molar-refractivity contribution in [3.63, 3.8) is 0 Å². The number of ether oxygens (including phenoxy) is 2. The van der Waals surface area contributed by atoms with Crippen molar-refractivity contribution in [2.45, 2.75) is 78.9 Å². The lowest BCUT2D eigenvalue weighted by Gasteiger charge is -2.23. The monoisotopic (exact) mass is 334 g/mol. The van der Waals surface area contributed by atoms with E-state index in [-0.39, 0.29) is 29.6 Å². The van der Waals surface area contributed by atoms with E-state index in [2.05, 4.69) is 39.0 Å². The van der Waals surface area contributed by atoms with E-state index in [4.69, 9.17) is 9.47 Å². The molecular formula is C20H30O4. The van der Waals surface area contributed by atoms with Crippen LogP contribution in [0.1, 0.15) is 65.2 Å². The predicted molar refractivity (Wildman–Crippen MR) is 95.0 cm³/mol. The van der Waals surface area contributed by atoms with Crippen LogP contribution in [0, 0.1) is 0 Å². The summed E-state index contributed by atoms with van der Waals surface area (Å²) >= 11 is 0. The van der Waals surface area contributed by atoms with Crippen molar-refractivity contribution < 1.29 is 19.1 Å². The molecule has 1 rings (SSSR count). The van der Waals surface area contributed by atoms with Crippen LogP contribution in [0.2, 0.25) is 0 Å². The maximum Gasteiger partial charge on any atom is 0.302 e. The minimum Gasteiger partial charge on any atom is -0.463 e. The average molecular weight is 334 g/mol. The van der Waals surface area contributed by atoms with E-state index in [9.17, 15) is 9.59 Å². The van der Waals surface area contributed by atoms with Gasteiger partial charge in [-0.05, 0) is 36.0 Å². The van der Waals surface area contributed by atoms with Gasteiger partial charge < -0.3 is 9.47 Å². The summed E-state index contributed by atoms with van der Waals surface area (Å²) in [5, 5.41) is 0.